The van der Waals surface area contributed by atoms with E-state index in [0.717, 1.165) is 4.83 Å². The fraction of sp³-hybridized carbons (Fsp3) is 0.667. The van der Waals surface area contributed by atoms with Crippen LogP contribution in [0, 0.1) is 0 Å². The van der Waals surface area contributed by atoms with Crippen LogP contribution in [0.25, 0.3) is 4.83 Å². The second kappa shape index (κ2) is 9.22. The first-order valence-corrected chi connectivity index (χ1v) is 17.6. The molecule has 0 aliphatic heterocycles. The van der Waals surface area contributed by atoms with Gasteiger partial charge in [0.15, 0.2) is 0 Å². The number of thiazole rings is 1. The van der Waals surface area contributed by atoms with Gasteiger partial charge in [-0.15, -0.1) is 0 Å². The Labute approximate surface area is 153 Å². The van der Waals surface area contributed by atoms with Gasteiger partial charge in [0.2, 0.25) is 0 Å². The van der Waals surface area contributed by atoms with Crippen LogP contribution in [0.1, 0.15) is 69.8 Å². The van der Waals surface area contributed by atoms with Crippen LogP contribution >= 0.6 is 11.3 Å². The molecule has 6 heteroatoms. The van der Waals surface area contributed by atoms with E-state index in [-0.39, 0.29) is 5.69 Å². The molecule has 0 amide bonds. The predicted molar refractivity (Wildman–Crippen MR) is 105 cm³/mol. The van der Waals surface area contributed by atoms with Crippen molar-refractivity contribution in [3.63, 3.8) is 0 Å². The van der Waals surface area contributed by atoms with Gasteiger partial charge in [-0.1, -0.05) is 0 Å². The van der Waals surface area contributed by atoms with Crippen LogP contribution in [0.3, 0.4) is 0 Å². The van der Waals surface area contributed by atoms with E-state index in [1.807, 2.05) is 4.40 Å². The number of carboxylic acid groups (broad SMARTS) is 1. The summed E-state index contributed by atoms with van der Waals surface area (Å²) in [6, 6.07) is 0. The van der Waals surface area contributed by atoms with E-state index in [9.17, 15) is 9.90 Å². The van der Waals surface area contributed by atoms with Crippen LogP contribution in [0.15, 0.2) is 12.5 Å². The molecule has 1 N–H and O–H groups in total. The van der Waals surface area contributed by atoms with E-state index in [1.165, 1.54) is 51.8 Å². The van der Waals surface area contributed by atoms with Crippen molar-refractivity contribution < 1.29 is 9.90 Å². The predicted octanol–water partition coefficient (Wildman–Crippen LogP) is 5.15. The molecule has 0 fully saturated rings. The molecule has 0 aliphatic rings. The van der Waals surface area contributed by atoms with Gasteiger partial charge >= 0.3 is 154 Å². The molecule has 2 rings (SSSR count). The number of aromatic nitrogens is 2. The van der Waals surface area contributed by atoms with Crippen LogP contribution < -0.4 is 2.89 Å². The molecule has 0 unspecified atom stereocenters. The molecule has 0 aliphatic carbocycles. The van der Waals surface area contributed by atoms with Crippen LogP contribution in [-0.4, -0.2) is 38.8 Å². The normalized spacial score (nSPS) is 12.1. The molecule has 0 spiro atoms. The van der Waals surface area contributed by atoms with Gasteiger partial charge in [0.25, 0.3) is 0 Å². The third kappa shape index (κ3) is 4.34. The van der Waals surface area contributed by atoms with E-state index < -0.39 is 24.3 Å². The number of unbranched alkanes of at least 4 members (excludes halogenated alkanes) is 3. The zero-order valence-corrected chi connectivity index (χ0v) is 18.8. The number of carbonyl (C=O) groups is 1. The van der Waals surface area contributed by atoms with Crippen LogP contribution in [0.5, 0.6) is 0 Å². The summed E-state index contributed by atoms with van der Waals surface area (Å²) in [7, 11) is 0. The molecule has 2 aromatic heterocycles. The molecule has 0 saturated heterocycles. The number of carboxylic acids is 1. The van der Waals surface area contributed by atoms with Gasteiger partial charge in [-0.05, 0) is 0 Å². The van der Waals surface area contributed by atoms with Crippen LogP contribution in [-0.2, 0) is 0 Å². The Bertz CT molecular complexity index is 643. The topological polar surface area (TPSA) is 54.6 Å². The maximum absolute atomic E-state index is 11.4. The van der Waals surface area contributed by atoms with E-state index in [1.54, 1.807) is 20.6 Å². The summed E-state index contributed by atoms with van der Waals surface area (Å²) in [4.78, 5) is 16.3. The van der Waals surface area contributed by atoms with Gasteiger partial charge in [-0.2, -0.15) is 0 Å². The zero-order valence-electron chi connectivity index (χ0n) is 15.2. The Morgan fingerprint density at radius 3 is 2.12 bits per heavy atom. The van der Waals surface area contributed by atoms with Crippen molar-refractivity contribution in [3.05, 3.63) is 18.2 Å². The summed E-state index contributed by atoms with van der Waals surface area (Å²) >= 11 is -0.732. The quantitative estimate of drug-likeness (QED) is 0.475. The maximum atomic E-state index is 11.4. The second-order valence-electron chi connectivity index (χ2n) is 6.80. The first kappa shape index (κ1) is 19.8. The van der Waals surface area contributed by atoms with Crippen molar-refractivity contribution in [1.82, 2.24) is 9.38 Å². The van der Waals surface area contributed by atoms with E-state index in [0.29, 0.717) is 0 Å². The summed E-state index contributed by atoms with van der Waals surface area (Å²) in [5.74, 6) is -0.914. The minimum absolute atomic E-state index is 0.216. The Morgan fingerprint density at radius 2 is 1.67 bits per heavy atom. The fourth-order valence-electron chi connectivity index (χ4n) is 3.48. The van der Waals surface area contributed by atoms with Crippen molar-refractivity contribution in [2.75, 3.05) is 0 Å². The van der Waals surface area contributed by atoms with Gasteiger partial charge in [0, 0.05) is 0 Å². The zero-order chi connectivity index (χ0) is 17.6. The van der Waals surface area contributed by atoms with E-state index in [2.05, 4.69) is 32.0 Å². The third-order valence-corrected chi connectivity index (χ3v) is 24.2. The summed E-state index contributed by atoms with van der Waals surface area (Å²) in [5.41, 5.74) is 0.216. The molecule has 2 aromatic rings. The average molecular weight is 457 g/mol. The minimum atomic E-state index is -2.46. The number of hydrogen-bond acceptors (Lipinski definition) is 3. The molecule has 0 bridgehead atoms. The number of hydrogen-bond donors (Lipinski definition) is 1. The SMILES string of the molecule is CCC[CH2][Sn]([CH2]CCC)([CH2]CCC)[c]1cn2cnc(C(=O)O)c2s1. The summed E-state index contributed by atoms with van der Waals surface area (Å²) in [5, 5.41) is 9.36. The Morgan fingerprint density at radius 1 is 1.12 bits per heavy atom. The van der Waals surface area contributed by atoms with Crippen LogP contribution in [0.2, 0.25) is 13.3 Å². The van der Waals surface area contributed by atoms with Gasteiger partial charge < -0.3 is 0 Å². The first-order valence-electron chi connectivity index (χ1n) is 9.28. The molecule has 0 radical (unpaired) electrons. The number of aromatic carboxylic acids is 1. The molecular formula is C18H30N2O2SSn. The Hall–Kier alpha value is -0.561. The summed E-state index contributed by atoms with van der Waals surface area (Å²) in [6.45, 7) is 6.84. The van der Waals surface area contributed by atoms with Crippen molar-refractivity contribution in [2.45, 2.75) is 72.6 Å². The van der Waals surface area contributed by atoms with Crippen molar-refractivity contribution in [2.24, 2.45) is 0 Å². The number of imidazole rings is 1. The van der Waals surface area contributed by atoms with Crippen molar-refractivity contribution in [3.8, 4) is 0 Å². The molecular weight excluding hydrogens is 427 g/mol. The Balaban J connectivity index is 2.44. The van der Waals surface area contributed by atoms with Gasteiger partial charge in [0.05, 0.1) is 0 Å². The second-order valence-corrected chi connectivity index (χ2v) is 22.0. The Kier molecular flexibility index (Phi) is 7.59. The molecule has 0 aromatic carbocycles. The van der Waals surface area contributed by atoms with E-state index in [4.69, 9.17) is 0 Å². The third-order valence-electron chi connectivity index (χ3n) is 4.96. The number of rotatable bonds is 11. The first-order chi connectivity index (χ1) is 11.6. The van der Waals surface area contributed by atoms with Crippen molar-refractivity contribution >= 4 is 43.4 Å². The van der Waals surface area contributed by atoms with E-state index >= 15 is 0 Å². The summed E-state index contributed by atoms with van der Waals surface area (Å²) < 4.78 is 7.73. The molecule has 0 atom stereocenters. The van der Waals surface area contributed by atoms with Gasteiger partial charge in [0.1, 0.15) is 0 Å². The number of nitrogens with zero attached hydrogens (tertiary/aromatic N) is 2. The fourth-order valence-corrected chi connectivity index (χ4v) is 23.5. The molecule has 4 nitrogen and oxygen atoms in total. The average Bonchev–Trinajstić information content (AvgIpc) is 3.15. The molecule has 0 saturated carbocycles. The number of fused-ring (bicyclic) bond motifs is 1. The monoisotopic (exact) mass is 458 g/mol. The molecule has 134 valence electrons. The molecule has 24 heavy (non-hydrogen) atoms. The molecule has 2 heterocycles. The standard InChI is InChI=1S/C6H3N2O2S.3C4H9.Sn/c9-6(10)4-5-8(3-7-4)1-2-11-5;3*1-3-4-2;/h1,3H,(H,9,10);3*1,3-4H2,2H3;. The van der Waals surface area contributed by atoms with Gasteiger partial charge in [-0.25, -0.2) is 0 Å². The summed E-state index contributed by atoms with van der Waals surface area (Å²) in [6.07, 6.45) is 11.6. The van der Waals surface area contributed by atoms with Crippen LogP contribution in [0.4, 0.5) is 0 Å². The van der Waals surface area contributed by atoms with Crippen molar-refractivity contribution in [1.29, 1.82) is 0 Å². The van der Waals surface area contributed by atoms with Gasteiger partial charge in [-0.3, -0.25) is 0 Å².